The van der Waals surface area contributed by atoms with Gasteiger partial charge in [0.25, 0.3) is 5.91 Å². The number of amides is 1. The third-order valence-electron chi connectivity index (χ3n) is 2.23. The van der Waals surface area contributed by atoms with Gasteiger partial charge in [-0.25, -0.2) is 18.4 Å². The predicted octanol–water partition coefficient (Wildman–Crippen LogP) is 0.173. The Morgan fingerprint density at radius 2 is 2.15 bits per heavy atom. The van der Waals surface area contributed by atoms with E-state index >= 15 is 0 Å². The summed E-state index contributed by atoms with van der Waals surface area (Å²) in [4.78, 5) is 23.2. The molecule has 4 N–H and O–H groups in total. The molecule has 9 heteroatoms. The van der Waals surface area contributed by atoms with E-state index in [9.17, 15) is 18.0 Å². The number of aliphatic carboxylic acids is 1. The molecule has 1 aromatic rings. The van der Waals surface area contributed by atoms with Crippen molar-refractivity contribution in [1.29, 1.82) is 0 Å². The van der Waals surface area contributed by atoms with E-state index in [1.165, 1.54) is 6.08 Å². The van der Waals surface area contributed by atoms with Gasteiger partial charge in [-0.05, 0) is 24.6 Å². The summed E-state index contributed by atoms with van der Waals surface area (Å²) < 4.78 is 21.4. The number of nitrogens with two attached hydrogens (primary N) is 1. The SMILES string of the molecule is Cc1cc(C(=O)NCCS(N)(=O)=O)sc1/C=C/C(=O)O. The van der Waals surface area contributed by atoms with Gasteiger partial charge in [0.2, 0.25) is 10.0 Å². The van der Waals surface area contributed by atoms with Crippen LogP contribution in [0.2, 0.25) is 0 Å². The molecular formula is C11H14N2O5S2. The zero-order valence-electron chi connectivity index (χ0n) is 10.6. The Labute approximate surface area is 120 Å². The number of carboxylic acids is 1. The molecule has 1 aromatic heterocycles. The largest absolute Gasteiger partial charge is 0.478 e. The number of hydrogen-bond acceptors (Lipinski definition) is 5. The number of rotatable bonds is 6. The summed E-state index contributed by atoms with van der Waals surface area (Å²) in [5.74, 6) is -1.83. The average molecular weight is 318 g/mol. The topological polar surface area (TPSA) is 127 Å². The second-order valence-electron chi connectivity index (χ2n) is 3.95. The van der Waals surface area contributed by atoms with Crippen molar-refractivity contribution in [3.8, 4) is 0 Å². The molecule has 0 bridgehead atoms. The predicted molar refractivity (Wildman–Crippen MR) is 76.0 cm³/mol. The Balaban J connectivity index is 2.70. The Morgan fingerprint density at radius 1 is 1.50 bits per heavy atom. The number of nitrogens with one attached hydrogen (secondary N) is 1. The highest BCUT2D eigenvalue weighted by Crippen LogP contribution is 2.23. The molecule has 0 atom stereocenters. The molecule has 20 heavy (non-hydrogen) atoms. The molecule has 110 valence electrons. The van der Waals surface area contributed by atoms with E-state index in [1.54, 1.807) is 13.0 Å². The smallest absolute Gasteiger partial charge is 0.328 e. The zero-order chi connectivity index (χ0) is 15.3. The van der Waals surface area contributed by atoms with Gasteiger partial charge in [-0.2, -0.15) is 0 Å². The lowest BCUT2D eigenvalue weighted by atomic mass is 10.2. The third kappa shape index (κ3) is 5.51. The molecule has 1 heterocycles. The van der Waals surface area contributed by atoms with E-state index in [4.69, 9.17) is 10.2 Å². The fourth-order valence-corrected chi connectivity index (χ4v) is 2.69. The highest BCUT2D eigenvalue weighted by molar-refractivity contribution is 7.89. The summed E-state index contributed by atoms with van der Waals surface area (Å²) in [6.45, 7) is 1.67. The van der Waals surface area contributed by atoms with Gasteiger partial charge in [0.05, 0.1) is 10.6 Å². The van der Waals surface area contributed by atoms with Gasteiger partial charge in [-0.1, -0.05) is 0 Å². The van der Waals surface area contributed by atoms with Crippen molar-refractivity contribution in [1.82, 2.24) is 5.32 Å². The first-order valence-corrected chi connectivity index (χ1v) is 8.02. The van der Waals surface area contributed by atoms with Gasteiger partial charge in [-0.15, -0.1) is 11.3 Å². The van der Waals surface area contributed by atoms with Crippen molar-refractivity contribution < 1.29 is 23.1 Å². The van der Waals surface area contributed by atoms with Crippen LogP contribution in [0.25, 0.3) is 6.08 Å². The van der Waals surface area contributed by atoms with E-state index < -0.39 is 21.9 Å². The minimum absolute atomic E-state index is 0.0745. The molecule has 0 aliphatic rings. The van der Waals surface area contributed by atoms with E-state index in [2.05, 4.69) is 5.32 Å². The van der Waals surface area contributed by atoms with Gasteiger partial charge in [0.1, 0.15) is 0 Å². The molecule has 0 saturated carbocycles. The number of sulfonamides is 1. The zero-order valence-corrected chi connectivity index (χ0v) is 12.3. The van der Waals surface area contributed by atoms with Gasteiger partial charge >= 0.3 is 5.97 Å². The lowest BCUT2D eigenvalue weighted by Gasteiger charge is -2.01. The Morgan fingerprint density at radius 3 is 2.70 bits per heavy atom. The van der Waals surface area contributed by atoms with Crippen molar-refractivity contribution in [2.75, 3.05) is 12.3 Å². The summed E-state index contributed by atoms with van der Waals surface area (Å²) in [5.41, 5.74) is 0.768. The third-order valence-corrected chi connectivity index (χ3v) is 4.20. The molecule has 7 nitrogen and oxygen atoms in total. The molecule has 0 fully saturated rings. The number of aryl methyl sites for hydroxylation is 1. The molecule has 1 amide bonds. The van der Waals surface area contributed by atoms with Crippen LogP contribution in [0, 0.1) is 6.92 Å². The van der Waals surface area contributed by atoms with Crippen LogP contribution in [-0.4, -0.2) is 37.7 Å². The molecule has 0 aliphatic carbocycles. The normalized spacial score (nSPS) is 11.7. The first-order valence-electron chi connectivity index (χ1n) is 5.49. The number of primary sulfonamides is 1. The Hall–Kier alpha value is -1.71. The quantitative estimate of drug-likeness (QED) is 0.645. The van der Waals surface area contributed by atoms with Crippen LogP contribution in [-0.2, 0) is 14.8 Å². The lowest BCUT2D eigenvalue weighted by Crippen LogP contribution is -2.31. The Bertz CT molecular complexity index is 646. The van der Waals surface area contributed by atoms with Crippen LogP contribution in [0.15, 0.2) is 12.1 Å². The highest BCUT2D eigenvalue weighted by Gasteiger charge is 2.12. The van der Waals surface area contributed by atoms with Crippen LogP contribution in [0.5, 0.6) is 0 Å². The van der Waals surface area contributed by atoms with E-state index in [1.807, 2.05) is 0 Å². The standard InChI is InChI=1S/C11H14N2O5S2/c1-7-6-9(19-8(7)2-3-10(14)15)11(16)13-4-5-20(12,17)18/h2-3,6H,4-5H2,1H3,(H,13,16)(H,14,15)(H2,12,17,18)/b3-2+. The van der Waals surface area contributed by atoms with Crippen LogP contribution >= 0.6 is 11.3 Å². The minimum atomic E-state index is -3.61. The Kier molecular flexibility index (Phi) is 5.43. The summed E-state index contributed by atoms with van der Waals surface area (Å²) in [6, 6.07) is 1.61. The maximum atomic E-state index is 11.8. The van der Waals surface area contributed by atoms with Gasteiger partial charge in [-0.3, -0.25) is 4.79 Å². The second kappa shape index (κ2) is 6.64. The van der Waals surface area contributed by atoms with Crippen LogP contribution < -0.4 is 10.5 Å². The summed E-state index contributed by atoms with van der Waals surface area (Å²) in [5, 5.41) is 15.8. The van der Waals surface area contributed by atoms with Gasteiger partial charge < -0.3 is 10.4 Å². The van der Waals surface area contributed by atoms with Crippen molar-refractivity contribution in [2.45, 2.75) is 6.92 Å². The molecule has 0 aliphatic heterocycles. The summed E-state index contributed by atoms with van der Waals surface area (Å²) in [6.07, 6.45) is 2.39. The maximum Gasteiger partial charge on any atom is 0.328 e. The highest BCUT2D eigenvalue weighted by atomic mass is 32.2. The van der Waals surface area contributed by atoms with Gasteiger partial charge in [0.15, 0.2) is 0 Å². The number of hydrogen-bond donors (Lipinski definition) is 3. The van der Waals surface area contributed by atoms with Gasteiger partial charge in [0, 0.05) is 17.5 Å². The monoisotopic (exact) mass is 318 g/mol. The number of carbonyl (C=O) groups excluding carboxylic acids is 1. The summed E-state index contributed by atoms with van der Waals surface area (Å²) in [7, 11) is -3.61. The average Bonchev–Trinajstić information content (AvgIpc) is 2.66. The van der Waals surface area contributed by atoms with E-state index in [0.717, 1.165) is 23.0 Å². The molecule has 0 saturated heterocycles. The van der Waals surface area contributed by atoms with Crippen molar-refractivity contribution >= 4 is 39.3 Å². The summed E-state index contributed by atoms with van der Waals surface area (Å²) >= 11 is 1.12. The van der Waals surface area contributed by atoms with Crippen LogP contribution in [0.1, 0.15) is 20.1 Å². The lowest BCUT2D eigenvalue weighted by molar-refractivity contribution is -0.131. The second-order valence-corrected chi connectivity index (χ2v) is 6.77. The molecule has 0 spiro atoms. The number of carbonyl (C=O) groups is 2. The molecule has 0 aromatic carbocycles. The first kappa shape index (κ1) is 16.3. The van der Waals surface area contributed by atoms with Crippen molar-refractivity contribution in [3.05, 3.63) is 27.5 Å². The van der Waals surface area contributed by atoms with Crippen LogP contribution in [0.3, 0.4) is 0 Å². The first-order chi connectivity index (χ1) is 9.19. The molecule has 0 unspecified atom stereocenters. The van der Waals surface area contributed by atoms with E-state index in [-0.39, 0.29) is 12.3 Å². The maximum absolute atomic E-state index is 11.8. The van der Waals surface area contributed by atoms with Crippen LogP contribution in [0.4, 0.5) is 0 Å². The fraction of sp³-hybridized carbons (Fsp3) is 0.273. The van der Waals surface area contributed by atoms with Crippen molar-refractivity contribution in [2.24, 2.45) is 5.14 Å². The molecule has 1 rings (SSSR count). The number of carboxylic acid groups (broad SMARTS) is 1. The molecule has 0 radical (unpaired) electrons. The fourth-order valence-electron chi connectivity index (χ4n) is 1.31. The minimum Gasteiger partial charge on any atom is -0.478 e. The van der Waals surface area contributed by atoms with Crippen molar-refractivity contribution in [3.63, 3.8) is 0 Å². The number of thiophene rings is 1. The van der Waals surface area contributed by atoms with E-state index in [0.29, 0.717) is 9.75 Å². The molecular weight excluding hydrogens is 304 g/mol.